The Morgan fingerprint density at radius 3 is 2.80 bits per heavy atom. The molecule has 1 aromatic carbocycles. The van der Waals surface area contributed by atoms with E-state index in [0.717, 1.165) is 0 Å². The van der Waals surface area contributed by atoms with E-state index in [9.17, 15) is 18.7 Å². The molecule has 2 atom stereocenters. The number of pyridine rings is 1. The van der Waals surface area contributed by atoms with Crippen LogP contribution in [0.5, 0.6) is 0 Å². The number of piperidine rings is 1. The second-order valence-corrected chi connectivity index (χ2v) is 11.4. The minimum absolute atomic E-state index is 0.0727. The van der Waals surface area contributed by atoms with Crippen LogP contribution in [0.1, 0.15) is 50.4 Å². The number of fused-ring (bicyclic) bond motifs is 1. The van der Waals surface area contributed by atoms with Crippen LogP contribution >= 0.6 is 11.6 Å². The van der Waals surface area contributed by atoms with Gasteiger partial charge in [0.05, 0.1) is 53.1 Å². The fourth-order valence-electron chi connectivity index (χ4n) is 5.66. The van der Waals surface area contributed by atoms with Gasteiger partial charge in [-0.3, -0.25) is 9.69 Å². The fraction of sp³-hybridized carbons (Fsp3) is 0.536. The monoisotopic (exact) mass is 579 g/mol. The highest BCUT2D eigenvalue weighted by atomic mass is 35.5. The minimum Gasteiger partial charge on any atom is -0.389 e. The van der Waals surface area contributed by atoms with E-state index in [1.165, 1.54) is 12.3 Å². The third-order valence-corrected chi connectivity index (χ3v) is 7.92. The van der Waals surface area contributed by atoms with Gasteiger partial charge in [0.25, 0.3) is 5.92 Å². The molecule has 2 saturated heterocycles. The predicted octanol–water partition coefficient (Wildman–Crippen LogP) is 4.93. The Bertz CT molecular complexity index is 1480. The summed E-state index contributed by atoms with van der Waals surface area (Å²) in [6.45, 7) is 6.34. The zero-order valence-electron chi connectivity index (χ0n) is 22.7. The van der Waals surface area contributed by atoms with E-state index in [4.69, 9.17) is 16.3 Å². The topological polar surface area (TPSA) is 92.5 Å². The number of hydrogen-bond acceptors (Lipinski definition) is 7. The summed E-state index contributed by atoms with van der Waals surface area (Å²) in [5.41, 5.74) is 1.36. The summed E-state index contributed by atoms with van der Waals surface area (Å²) in [7, 11) is 0. The molecule has 0 spiro atoms. The Morgan fingerprint density at radius 2 is 2.10 bits per heavy atom. The van der Waals surface area contributed by atoms with E-state index in [1.54, 1.807) is 17.9 Å². The number of benzene rings is 1. The summed E-state index contributed by atoms with van der Waals surface area (Å²) in [5, 5.41) is 13.4. The summed E-state index contributed by atoms with van der Waals surface area (Å²) >= 11 is 6.46. The Labute approximate surface area is 235 Å². The number of aliphatic hydroxyl groups is 1. The van der Waals surface area contributed by atoms with Crippen molar-refractivity contribution >= 4 is 28.5 Å². The van der Waals surface area contributed by atoms with Gasteiger partial charge < -0.3 is 19.7 Å². The molecule has 216 valence electrons. The number of aliphatic hydroxyl groups excluding tert-OH is 1. The van der Waals surface area contributed by atoms with Gasteiger partial charge >= 0.3 is 0 Å². The van der Waals surface area contributed by atoms with Crippen LogP contribution in [0.15, 0.2) is 23.1 Å². The van der Waals surface area contributed by atoms with Crippen molar-refractivity contribution < 1.29 is 23.0 Å². The second-order valence-electron chi connectivity index (χ2n) is 11.0. The Kier molecular flexibility index (Phi) is 8.11. The van der Waals surface area contributed by atoms with Gasteiger partial charge in [-0.25, -0.2) is 23.1 Å². The first-order valence-corrected chi connectivity index (χ1v) is 13.9. The lowest BCUT2D eigenvalue weighted by molar-refractivity contribution is -0.0666. The molecule has 0 saturated carbocycles. The van der Waals surface area contributed by atoms with Crippen molar-refractivity contribution in [1.82, 2.24) is 19.4 Å². The number of ether oxygens (including phenoxy) is 1. The van der Waals surface area contributed by atoms with Crippen LogP contribution in [-0.4, -0.2) is 68.9 Å². The number of alkyl halides is 2. The minimum atomic E-state index is -2.79. The Morgan fingerprint density at radius 1 is 1.32 bits per heavy atom. The maximum Gasteiger partial charge on any atom is 0.260 e. The van der Waals surface area contributed by atoms with Gasteiger partial charge in [-0.1, -0.05) is 11.6 Å². The molecule has 2 N–H and O–H groups in total. The molecule has 0 amide bonds. The van der Waals surface area contributed by atoms with E-state index in [1.807, 2.05) is 18.4 Å². The molecule has 0 bridgehead atoms. The lowest BCUT2D eigenvalue weighted by Crippen LogP contribution is -2.43. The van der Waals surface area contributed by atoms with Crippen LogP contribution in [0.4, 0.5) is 19.1 Å². The molecular formula is C28H33ClF3N5O3. The van der Waals surface area contributed by atoms with Crippen LogP contribution < -0.4 is 10.7 Å². The van der Waals surface area contributed by atoms with Gasteiger partial charge in [0.1, 0.15) is 5.82 Å². The Hall–Kier alpha value is -2.73. The summed E-state index contributed by atoms with van der Waals surface area (Å²) in [6.07, 6.45) is 1.41. The smallest absolute Gasteiger partial charge is 0.260 e. The van der Waals surface area contributed by atoms with E-state index in [0.29, 0.717) is 48.3 Å². The van der Waals surface area contributed by atoms with Crippen LogP contribution in [-0.2, 0) is 11.3 Å². The molecule has 2 aromatic heterocycles. The number of halogens is 4. The maximum absolute atomic E-state index is 15.7. The van der Waals surface area contributed by atoms with Crippen molar-refractivity contribution in [2.75, 3.05) is 31.6 Å². The summed E-state index contributed by atoms with van der Waals surface area (Å²) < 4.78 is 51.2. The normalized spacial score (nSPS) is 21.7. The predicted molar refractivity (Wildman–Crippen MR) is 148 cm³/mol. The number of hydrogen-bond donors (Lipinski definition) is 2. The highest BCUT2D eigenvalue weighted by molar-refractivity contribution is 6.33. The summed E-state index contributed by atoms with van der Waals surface area (Å²) in [4.78, 5) is 23.8. The average molecular weight is 580 g/mol. The molecule has 4 heterocycles. The van der Waals surface area contributed by atoms with Crippen LogP contribution in [0.2, 0.25) is 5.02 Å². The standard InChI is InChI=1S/C28H33ClF3N5O3/c1-15(2)37-21-10-17(25-18(29)11-33-27(35-25)34-20-5-8-40-13-23(20)38)9-19(30)24(21)26(39)16(3)22(37)12-36-7-4-6-28(31,32)14-36/h9-11,15,20,23,38H,4-8,12-14H2,1-3H3,(H,33,34,35)/t20-,23-/m1/s1. The van der Waals surface area contributed by atoms with Crippen molar-refractivity contribution in [3.63, 3.8) is 0 Å². The highest BCUT2D eigenvalue weighted by Crippen LogP contribution is 2.33. The maximum atomic E-state index is 15.7. The molecule has 0 radical (unpaired) electrons. The van der Waals surface area contributed by atoms with Gasteiger partial charge in [-0.05, 0) is 52.3 Å². The van der Waals surface area contributed by atoms with E-state index in [2.05, 4.69) is 15.3 Å². The quantitative estimate of drug-likeness (QED) is 0.428. The number of anilines is 1. The number of nitrogens with one attached hydrogen (secondary N) is 1. The van der Waals surface area contributed by atoms with E-state index >= 15 is 4.39 Å². The summed E-state index contributed by atoms with van der Waals surface area (Å²) in [6, 6.07) is 2.36. The number of likely N-dealkylation sites (tertiary alicyclic amines) is 1. The van der Waals surface area contributed by atoms with Gasteiger partial charge in [-0.15, -0.1) is 0 Å². The van der Waals surface area contributed by atoms with Crippen molar-refractivity contribution in [2.24, 2.45) is 0 Å². The van der Waals surface area contributed by atoms with Crippen LogP contribution in [0, 0.1) is 12.7 Å². The zero-order valence-corrected chi connectivity index (χ0v) is 23.4. The van der Waals surface area contributed by atoms with Crippen LogP contribution in [0.3, 0.4) is 0 Å². The highest BCUT2D eigenvalue weighted by Gasteiger charge is 2.36. The molecule has 12 heteroatoms. The van der Waals surface area contributed by atoms with Gasteiger partial charge in [0.15, 0.2) is 5.43 Å². The average Bonchev–Trinajstić information content (AvgIpc) is 2.88. The Balaban J connectivity index is 1.61. The number of nitrogens with zero attached hydrogens (tertiary/aromatic N) is 4. The lowest BCUT2D eigenvalue weighted by atomic mass is 10.0. The SMILES string of the molecule is Cc1c(CN2CCCC(F)(F)C2)n(C(C)C)c2cc(-c3nc(N[C@@H]4CCOC[C@H]4O)ncc3Cl)cc(F)c2c1=O. The third kappa shape index (κ3) is 5.70. The largest absolute Gasteiger partial charge is 0.389 e. The fourth-order valence-corrected chi connectivity index (χ4v) is 5.86. The number of rotatable bonds is 6. The molecule has 2 fully saturated rings. The molecule has 8 nitrogen and oxygen atoms in total. The van der Waals surface area contributed by atoms with Crippen molar-refractivity contribution in [1.29, 1.82) is 0 Å². The van der Waals surface area contributed by atoms with Crippen molar-refractivity contribution in [2.45, 2.75) is 70.7 Å². The lowest BCUT2D eigenvalue weighted by Gasteiger charge is -2.34. The summed E-state index contributed by atoms with van der Waals surface area (Å²) in [5.74, 6) is -3.31. The first kappa shape index (κ1) is 28.8. The van der Waals surface area contributed by atoms with E-state index in [-0.39, 0.29) is 60.3 Å². The van der Waals surface area contributed by atoms with Crippen molar-refractivity contribution in [3.05, 3.63) is 50.7 Å². The first-order valence-electron chi connectivity index (χ1n) is 13.5. The van der Waals surface area contributed by atoms with E-state index < -0.39 is 23.3 Å². The molecular weight excluding hydrogens is 547 g/mol. The molecule has 3 aromatic rings. The zero-order chi connectivity index (χ0) is 28.8. The molecule has 2 aliphatic heterocycles. The van der Waals surface area contributed by atoms with Gasteiger partial charge in [0, 0.05) is 42.4 Å². The molecule has 0 aliphatic carbocycles. The van der Waals surface area contributed by atoms with Crippen molar-refractivity contribution in [3.8, 4) is 11.3 Å². The third-order valence-electron chi connectivity index (χ3n) is 7.64. The molecule has 2 aliphatic rings. The van der Waals surface area contributed by atoms with Gasteiger partial charge in [-0.2, -0.15) is 0 Å². The molecule has 5 rings (SSSR count). The van der Waals surface area contributed by atoms with Crippen LogP contribution in [0.25, 0.3) is 22.2 Å². The number of aromatic nitrogens is 3. The molecule has 0 unspecified atom stereocenters. The second kappa shape index (κ2) is 11.3. The first-order chi connectivity index (χ1) is 18.9. The van der Waals surface area contributed by atoms with Gasteiger partial charge in [0.2, 0.25) is 5.95 Å². The molecule has 40 heavy (non-hydrogen) atoms.